The van der Waals surface area contributed by atoms with E-state index in [1.165, 1.54) is 0 Å². The monoisotopic (exact) mass is 338 g/mol. The van der Waals surface area contributed by atoms with Crippen molar-refractivity contribution in [1.29, 1.82) is 0 Å². The summed E-state index contributed by atoms with van der Waals surface area (Å²) in [6.45, 7) is 12.7. The summed E-state index contributed by atoms with van der Waals surface area (Å²) in [6, 6.07) is 0.497. The van der Waals surface area contributed by atoms with Gasteiger partial charge in [0, 0.05) is 65.3 Å². The third kappa shape index (κ3) is 4.07. The van der Waals surface area contributed by atoms with Gasteiger partial charge in [0.05, 0.1) is 19.8 Å². The molecule has 136 valence electrons. The number of hydrogen-bond acceptors (Lipinski definition) is 5. The average molecular weight is 338 g/mol. The molecule has 2 atom stereocenters. The Balaban J connectivity index is 1.48. The normalized spacial score (nSPS) is 29.9. The number of ether oxygens (including phenoxy) is 1. The first-order valence-electron chi connectivity index (χ1n) is 9.12. The van der Waals surface area contributed by atoms with E-state index in [4.69, 9.17) is 4.74 Å². The standard InChI is InChI=1S/C17H30N4O3/c1-14-11-18(13-17(23)21-7-9-24-10-8-21)12-16(14)20-5-3-19(4-6-20)15(2)22/h14,16H,3-13H2,1-2H3. The molecule has 3 aliphatic heterocycles. The molecule has 0 aromatic rings. The highest BCUT2D eigenvalue weighted by molar-refractivity contribution is 5.78. The maximum atomic E-state index is 12.4. The largest absolute Gasteiger partial charge is 0.378 e. The van der Waals surface area contributed by atoms with E-state index in [2.05, 4.69) is 16.7 Å². The van der Waals surface area contributed by atoms with Gasteiger partial charge in [0.2, 0.25) is 11.8 Å². The van der Waals surface area contributed by atoms with Crippen LogP contribution in [0.2, 0.25) is 0 Å². The second kappa shape index (κ2) is 7.80. The van der Waals surface area contributed by atoms with Crippen LogP contribution in [0.1, 0.15) is 13.8 Å². The second-order valence-corrected chi connectivity index (χ2v) is 7.27. The molecule has 0 radical (unpaired) electrons. The van der Waals surface area contributed by atoms with Gasteiger partial charge < -0.3 is 14.5 Å². The molecule has 24 heavy (non-hydrogen) atoms. The van der Waals surface area contributed by atoms with E-state index in [0.29, 0.717) is 31.7 Å². The molecule has 0 aromatic carbocycles. The van der Waals surface area contributed by atoms with E-state index in [9.17, 15) is 9.59 Å². The Hall–Kier alpha value is -1.18. The summed E-state index contributed by atoms with van der Waals surface area (Å²) in [7, 11) is 0. The van der Waals surface area contributed by atoms with Crippen molar-refractivity contribution >= 4 is 11.8 Å². The van der Waals surface area contributed by atoms with E-state index >= 15 is 0 Å². The van der Waals surface area contributed by atoms with E-state index in [0.717, 1.165) is 52.4 Å². The number of morpholine rings is 1. The number of amides is 2. The summed E-state index contributed by atoms with van der Waals surface area (Å²) < 4.78 is 5.32. The zero-order chi connectivity index (χ0) is 17.1. The van der Waals surface area contributed by atoms with Crippen molar-refractivity contribution in [3.63, 3.8) is 0 Å². The van der Waals surface area contributed by atoms with Crippen molar-refractivity contribution in [3.8, 4) is 0 Å². The Kier molecular flexibility index (Phi) is 5.73. The third-order valence-corrected chi connectivity index (χ3v) is 5.60. The van der Waals surface area contributed by atoms with Gasteiger partial charge >= 0.3 is 0 Å². The van der Waals surface area contributed by atoms with Crippen molar-refractivity contribution in [2.45, 2.75) is 19.9 Å². The highest BCUT2D eigenvalue weighted by atomic mass is 16.5. The first-order chi connectivity index (χ1) is 11.5. The maximum Gasteiger partial charge on any atom is 0.236 e. The van der Waals surface area contributed by atoms with Gasteiger partial charge in [-0.2, -0.15) is 0 Å². The molecule has 0 bridgehead atoms. The molecule has 2 amide bonds. The summed E-state index contributed by atoms with van der Waals surface area (Å²) in [5.74, 6) is 0.964. The van der Waals surface area contributed by atoms with Gasteiger partial charge in [-0.05, 0) is 5.92 Å². The van der Waals surface area contributed by atoms with Crippen LogP contribution in [-0.4, -0.2) is 110 Å². The van der Waals surface area contributed by atoms with E-state index in [-0.39, 0.29) is 11.8 Å². The van der Waals surface area contributed by atoms with Crippen LogP contribution in [0.4, 0.5) is 0 Å². The van der Waals surface area contributed by atoms with Crippen molar-refractivity contribution in [3.05, 3.63) is 0 Å². The summed E-state index contributed by atoms with van der Waals surface area (Å²) in [5.41, 5.74) is 0. The Morgan fingerprint density at radius 2 is 1.62 bits per heavy atom. The lowest BCUT2D eigenvalue weighted by molar-refractivity contribution is -0.136. The zero-order valence-electron chi connectivity index (χ0n) is 14.9. The topological polar surface area (TPSA) is 56.3 Å². The van der Waals surface area contributed by atoms with E-state index < -0.39 is 0 Å². The second-order valence-electron chi connectivity index (χ2n) is 7.27. The summed E-state index contributed by atoms with van der Waals surface area (Å²) in [5, 5.41) is 0. The average Bonchev–Trinajstić information content (AvgIpc) is 2.96. The molecule has 7 heteroatoms. The quantitative estimate of drug-likeness (QED) is 0.683. The van der Waals surface area contributed by atoms with E-state index in [1.807, 2.05) is 9.80 Å². The SMILES string of the molecule is CC(=O)N1CCN(C2CN(CC(=O)N3CCOCC3)CC2C)CC1. The van der Waals surface area contributed by atoms with Crippen LogP contribution in [0.5, 0.6) is 0 Å². The number of carbonyl (C=O) groups is 2. The van der Waals surface area contributed by atoms with Crippen LogP contribution < -0.4 is 0 Å². The number of rotatable bonds is 3. The molecule has 3 saturated heterocycles. The van der Waals surface area contributed by atoms with Gasteiger partial charge in [-0.15, -0.1) is 0 Å². The van der Waals surface area contributed by atoms with Crippen molar-refractivity contribution < 1.29 is 14.3 Å². The van der Waals surface area contributed by atoms with Gasteiger partial charge in [-0.25, -0.2) is 0 Å². The smallest absolute Gasteiger partial charge is 0.236 e. The molecular weight excluding hydrogens is 308 g/mol. The van der Waals surface area contributed by atoms with Crippen LogP contribution in [0.25, 0.3) is 0 Å². The molecular formula is C17H30N4O3. The van der Waals surface area contributed by atoms with Crippen LogP contribution in [0.15, 0.2) is 0 Å². The highest BCUT2D eigenvalue weighted by Gasteiger charge is 2.36. The van der Waals surface area contributed by atoms with E-state index in [1.54, 1.807) is 6.92 Å². The molecule has 3 heterocycles. The van der Waals surface area contributed by atoms with Crippen LogP contribution in [0, 0.1) is 5.92 Å². The lowest BCUT2D eigenvalue weighted by atomic mass is 10.0. The Morgan fingerprint density at radius 3 is 2.25 bits per heavy atom. The lowest BCUT2D eigenvalue weighted by Crippen LogP contribution is -2.53. The Morgan fingerprint density at radius 1 is 0.958 bits per heavy atom. The predicted molar refractivity (Wildman–Crippen MR) is 90.6 cm³/mol. The van der Waals surface area contributed by atoms with Crippen LogP contribution in [-0.2, 0) is 14.3 Å². The number of likely N-dealkylation sites (tertiary alicyclic amines) is 1. The Bertz CT molecular complexity index is 459. The van der Waals surface area contributed by atoms with Gasteiger partial charge in [0.25, 0.3) is 0 Å². The molecule has 0 saturated carbocycles. The highest BCUT2D eigenvalue weighted by Crippen LogP contribution is 2.23. The minimum Gasteiger partial charge on any atom is -0.378 e. The molecule has 0 aromatic heterocycles. The van der Waals surface area contributed by atoms with Crippen molar-refractivity contribution in [2.75, 3.05) is 72.1 Å². The minimum absolute atomic E-state index is 0.173. The summed E-state index contributed by atoms with van der Waals surface area (Å²) >= 11 is 0. The molecule has 2 unspecified atom stereocenters. The van der Waals surface area contributed by atoms with Gasteiger partial charge in [-0.3, -0.25) is 19.4 Å². The third-order valence-electron chi connectivity index (χ3n) is 5.60. The molecule has 3 fully saturated rings. The molecule has 7 nitrogen and oxygen atoms in total. The number of hydrogen-bond donors (Lipinski definition) is 0. The van der Waals surface area contributed by atoms with Crippen molar-refractivity contribution in [2.24, 2.45) is 5.92 Å². The lowest BCUT2D eigenvalue weighted by Gasteiger charge is -2.39. The van der Waals surface area contributed by atoms with Crippen LogP contribution >= 0.6 is 0 Å². The number of carbonyl (C=O) groups excluding carboxylic acids is 2. The maximum absolute atomic E-state index is 12.4. The van der Waals surface area contributed by atoms with Gasteiger partial charge in [0.1, 0.15) is 0 Å². The van der Waals surface area contributed by atoms with Gasteiger partial charge in [-0.1, -0.05) is 6.92 Å². The van der Waals surface area contributed by atoms with Crippen molar-refractivity contribution in [1.82, 2.24) is 19.6 Å². The van der Waals surface area contributed by atoms with Crippen LogP contribution in [0.3, 0.4) is 0 Å². The fourth-order valence-electron chi connectivity index (χ4n) is 4.12. The molecule has 0 N–H and O–H groups in total. The zero-order valence-corrected chi connectivity index (χ0v) is 14.9. The number of nitrogens with zero attached hydrogens (tertiary/aromatic N) is 4. The summed E-state index contributed by atoms with van der Waals surface area (Å²) in [6.07, 6.45) is 0. The number of piperazine rings is 1. The molecule has 3 aliphatic rings. The first kappa shape index (κ1) is 17.6. The first-order valence-corrected chi connectivity index (χ1v) is 9.12. The molecule has 0 aliphatic carbocycles. The Labute approximate surface area is 144 Å². The minimum atomic E-state index is 0.173. The molecule has 3 rings (SSSR count). The fourth-order valence-corrected chi connectivity index (χ4v) is 4.12. The summed E-state index contributed by atoms with van der Waals surface area (Å²) in [4.78, 5) is 32.5. The molecule has 0 spiro atoms. The van der Waals surface area contributed by atoms with Gasteiger partial charge in [0.15, 0.2) is 0 Å². The predicted octanol–water partition coefficient (Wildman–Crippen LogP) is -0.670. The fraction of sp³-hybridized carbons (Fsp3) is 0.882.